The summed E-state index contributed by atoms with van der Waals surface area (Å²) in [5.74, 6) is 0.663. The van der Waals surface area contributed by atoms with E-state index >= 15 is 0 Å². The second-order valence-corrected chi connectivity index (χ2v) is 5.74. The number of nitrogen functional groups attached to an aromatic ring is 1. The molecule has 1 aliphatic rings. The van der Waals surface area contributed by atoms with E-state index in [-0.39, 0.29) is 5.96 Å². The molecule has 1 aromatic carbocycles. The van der Waals surface area contributed by atoms with Crippen molar-refractivity contribution in [3.05, 3.63) is 33.8 Å². The van der Waals surface area contributed by atoms with Crippen LogP contribution in [0.15, 0.2) is 18.2 Å². The van der Waals surface area contributed by atoms with E-state index in [0.29, 0.717) is 10.0 Å². The molecular formula is C14H15Cl2N5. The highest BCUT2D eigenvalue weighted by Crippen LogP contribution is 2.38. The monoisotopic (exact) mass is 323 g/mol. The molecule has 0 saturated carbocycles. The molecule has 21 heavy (non-hydrogen) atoms. The van der Waals surface area contributed by atoms with Gasteiger partial charge in [0.1, 0.15) is 5.82 Å². The Hall–Kier alpha value is -1.72. The average Bonchev–Trinajstić information content (AvgIpc) is 2.65. The molecule has 1 aliphatic heterocycles. The number of nitrogens with zero attached hydrogens (tertiary/aromatic N) is 2. The molecule has 1 aromatic heterocycles. The number of hydrogen-bond donors (Lipinski definition) is 3. The summed E-state index contributed by atoms with van der Waals surface area (Å²) in [6, 6.07) is 5.46. The van der Waals surface area contributed by atoms with Crippen molar-refractivity contribution in [2.24, 2.45) is 5.73 Å². The zero-order valence-electron chi connectivity index (χ0n) is 11.3. The number of benzene rings is 1. The van der Waals surface area contributed by atoms with Gasteiger partial charge in [0.05, 0.1) is 15.7 Å². The molecule has 0 spiro atoms. The van der Waals surface area contributed by atoms with Gasteiger partial charge in [0, 0.05) is 17.7 Å². The van der Waals surface area contributed by atoms with E-state index in [0.717, 1.165) is 48.4 Å². The molecule has 110 valence electrons. The van der Waals surface area contributed by atoms with Crippen molar-refractivity contribution < 1.29 is 0 Å². The zero-order valence-corrected chi connectivity index (χ0v) is 12.8. The molecule has 5 nitrogen and oxygen atoms in total. The van der Waals surface area contributed by atoms with Crippen LogP contribution >= 0.6 is 23.2 Å². The molecule has 0 saturated heterocycles. The third-order valence-electron chi connectivity index (χ3n) is 3.56. The fraction of sp³-hybridized carbons (Fsp3) is 0.286. The maximum atomic E-state index is 7.70. The summed E-state index contributed by atoms with van der Waals surface area (Å²) in [5.41, 5.74) is 8.17. The highest BCUT2D eigenvalue weighted by atomic mass is 35.5. The Kier molecular flexibility index (Phi) is 3.78. The van der Waals surface area contributed by atoms with Gasteiger partial charge in [0.15, 0.2) is 0 Å². The predicted molar refractivity (Wildman–Crippen MR) is 86.4 cm³/mol. The van der Waals surface area contributed by atoms with Crippen LogP contribution in [0.5, 0.6) is 0 Å². The van der Waals surface area contributed by atoms with Crippen molar-refractivity contribution in [2.45, 2.75) is 19.3 Å². The van der Waals surface area contributed by atoms with E-state index in [4.69, 9.17) is 34.3 Å². The first kappa shape index (κ1) is 14.2. The van der Waals surface area contributed by atoms with Crippen LogP contribution in [0, 0.1) is 5.41 Å². The van der Waals surface area contributed by atoms with E-state index in [1.807, 2.05) is 12.1 Å². The van der Waals surface area contributed by atoms with Crippen molar-refractivity contribution in [3.8, 4) is 11.3 Å². The summed E-state index contributed by atoms with van der Waals surface area (Å²) in [6.45, 7) is 0.842. The number of aromatic nitrogens is 2. The first-order valence-corrected chi connectivity index (χ1v) is 7.49. The second kappa shape index (κ2) is 5.58. The fourth-order valence-electron chi connectivity index (χ4n) is 2.58. The Morgan fingerprint density at radius 3 is 2.90 bits per heavy atom. The third kappa shape index (κ3) is 2.47. The van der Waals surface area contributed by atoms with E-state index in [9.17, 15) is 0 Å². The maximum Gasteiger partial charge on any atom is 0.215 e. The van der Waals surface area contributed by atoms with E-state index < -0.39 is 0 Å². The molecular weight excluding hydrogens is 309 g/mol. The molecule has 0 bridgehead atoms. The van der Waals surface area contributed by atoms with Gasteiger partial charge in [-0.2, -0.15) is 9.78 Å². The van der Waals surface area contributed by atoms with Crippen molar-refractivity contribution in [1.29, 1.82) is 5.41 Å². The van der Waals surface area contributed by atoms with Crippen molar-refractivity contribution in [3.63, 3.8) is 0 Å². The molecule has 0 aliphatic carbocycles. The summed E-state index contributed by atoms with van der Waals surface area (Å²) in [5, 5.41) is 16.4. The Bertz CT molecular complexity index is 708. The molecule has 2 aromatic rings. The Labute approximate surface area is 132 Å². The molecule has 0 radical (unpaired) electrons. The number of rotatable bonds is 1. The van der Waals surface area contributed by atoms with Crippen molar-refractivity contribution in [2.75, 3.05) is 11.9 Å². The van der Waals surface area contributed by atoms with Crippen LogP contribution in [0.3, 0.4) is 0 Å². The number of anilines is 1. The smallest absolute Gasteiger partial charge is 0.215 e. The Balaban J connectivity index is 2.23. The molecule has 0 atom stereocenters. The van der Waals surface area contributed by atoms with Crippen LogP contribution in [-0.4, -0.2) is 22.3 Å². The third-order valence-corrected chi connectivity index (χ3v) is 4.38. The lowest BCUT2D eigenvalue weighted by atomic mass is 10.0. The van der Waals surface area contributed by atoms with Crippen LogP contribution in [-0.2, 0) is 6.42 Å². The summed E-state index contributed by atoms with van der Waals surface area (Å²) in [4.78, 5) is 0. The maximum absolute atomic E-state index is 7.70. The van der Waals surface area contributed by atoms with Gasteiger partial charge in [-0.05, 0) is 25.3 Å². The summed E-state index contributed by atoms with van der Waals surface area (Å²) in [6.07, 6.45) is 2.98. The normalized spacial score (nSPS) is 14.2. The quantitative estimate of drug-likeness (QED) is 0.556. The Morgan fingerprint density at radius 2 is 2.14 bits per heavy atom. The minimum atomic E-state index is -0.120. The minimum Gasteiger partial charge on any atom is -0.370 e. The van der Waals surface area contributed by atoms with Gasteiger partial charge >= 0.3 is 0 Å². The molecule has 7 heteroatoms. The first-order valence-electron chi connectivity index (χ1n) is 6.74. The van der Waals surface area contributed by atoms with Gasteiger partial charge in [-0.25, -0.2) is 0 Å². The topological polar surface area (TPSA) is 79.7 Å². The lowest BCUT2D eigenvalue weighted by Gasteiger charge is -2.06. The van der Waals surface area contributed by atoms with Gasteiger partial charge in [0.25, 0.3) is 0 Å². The summed E-state index contributed by atoms with van der Waals surface area (Å²) < 4.78 is 1.42. The van der Waals surface area contributed by atoms with Gasteiger partial charge in [-0.15, -0.1) is 0 Å². The van der Waals surface area contributed by atoms with Crippen LogP contribution in [0.1, 0.15) is 18.4 Å². The van der Waals surface area contributed by atoms with E-state index in [1.165, 1.54) is 4.68 Å². The highest BCUT2D eigenvalue weighted by molar-refractivity contribution is 6.43. The molecule has 0 unspecified atom stereocenters. The van der Waals surface area contributed by atoms with Crippen LogP contribution < -0.4 is 11.1 Å². The van der Waals surface area contributed by atoms with Crippen LogP contribution in [0.4, 0.5) is 5.82 Å². The average molecular weight is 324 g/mol. The summed E-state index contributed by atoms with van der Waals surface area (Å²) in [7, 11) is 0. The highest BCUT2D eigenvalue weighted by Gasteiger charge is 2.23. The SMILES string of the molecule is N=C(N)n1nc(-c2cccc(Cl)c2Cl)c2c1NCCCC2. The predicted octanol–water partition coefficient (Wildman–Crippen LogP) is 3.35. The van der Waals surface area contributed by atoms with E-state index in [1.54, 1.807) is 6.07 Å². The van der Waals surface area contributed by atoms with Crippen LogP contribution in [0.2, 0.25) is 10.0 Å². The number of fused-ring (bicyclic) bond motifs is 1. The largest absolute Gasteiger partial charge is 0.370 e. The Morgan fingerprint density at radius 1 is 1.33 bits per heavy atom. The molecule has 3 rings (SSSR count). The van der Waals surface area contributed by atoms with Gasteiger partial charge in [0.2, 0.25) is 5.96 Å². The molecule has 4 N–H and O–H groups in total. The standard InChI is InChI=1S/C14H15Cl2N5/c15-10-6-3-5-8(11(10)16)12-9-4-1-2-7-19-13(9)21(20-12)14(17)18/h3,5-6,19H,1-2,4,7H2,(H3,17,18). The van der Waals surface area contributed by atoms with Gasteiger partial charge in [-0.1, -0.05) is 35.3 Å². The number of halogens is 2. The minimum absolute atomic E-state index is 0.120. The summed E-state index contributed by atoms with van der Waals surface area (Å²) >= 11 is 12.4. The lowest BCUT2D eigenvalue weighted by Crippen LogP contribution is -2.24. The molecule has 0 amide bonds. The van der Waals surface area contributed by atoms with Crippen LogP contribution in [0.25, 0.3) is 11.3 Å². The lowest BCUT2D eigenvalue weighted by molar-refractivity contribution is 0.781. The van der Waals surface area contributed by atoms with Gasteiger partial charge in [-0.3, -0.25) is 5.41 Å². The van der Waals surface area contributed by atoms with E-state index in [2.05, 4.69) is 10.4 Å². The second-order valence-electron chi connectivity index (χ2n) is 4.96. The van der Waals surface area contributed by atoms with Gasteiger partial charge < -0.3 is 11.1 Å². The van der Waals surface area contributed by atoms with Crippen molar-refractivity contribution in [1.82, 2.24) is 9.78 Å². The number of nitrogens with one attached hydrogen (secondary N) is 2. The number of nitrogens with two attached hydrogens (primary N) is 1. The zero-order chi connectivity index (χ0) is 15.0. The molecule has 2 heterocycles. The molecule has 0 fully saturated rings. The first-order chi connectivity index (χ1) is 10.1. The fourth-order valence-corrected chi connectivity index (χ4v) is 2.97. The number of hydrogen-bond acceptors (Lipinski definition) is 3. The van der Waals surface area contributed by atoms with Crippen molar-refractivity contribution >= 4 is 35.0 Å².